The molecule has 3 aliphatic heterocycles. The summed E-state index contributed by atoms with van der Waals surface area (Å²) in [5.41, 5.74) is 0.921. The van der Waals surface area contributed by atoms with Gasteiger partial charge < -0.3 is 24.4 Å². The number of anilines is 1. The molecule has 3 saturated heterocycles. The van der Waals surface area contributed by atoms with Crippen LogP contribution in [0.4, 0.5) is 5.69 Å². The highest BCUT2D eigenvalue weighted by Gasteiger charge is 2.63. The summed E-state index contributed by atoms with van der Waals surface area (Å²) in [4.78, 5) is 17.9. The average Bonchev–Trinajstić information content (AvgIpc) is 3.31. The van der Waals surface area contributed by atoms with Crippen molar-refractivity contribution in [2.45, 2.75) is 37.3 Å². The van der Waals surface area contributed by atoms with Crippen LogP contribution in [0, 0.1) is 5.92 Å². The number of thiocarbonyl (C=S) groups is 1. The quantitative estimate of drug-likeness (QED) is 0.607. The first kappa shape index (κ1) is 17.9. The molecule has 4 fully saturated rings. The summed E-state index contributed by atoms with van der Waals surface area (Å²) in [6.07, 6.45) is -0.815. The molecule has 4 aliphatic rings. The van der Waals surface area contributed by atoms with Gasteiger partial charge in [0, 0.05) is 10.6 Å². The molecule has 28 heavy (non-hydrogen) atoms. The SMILES string of the molecule is COc1ccc(N2C(=S)N(Cc3cccs3)[C@H]3[C@H]4OC(=O)[C@@H](C[C@H]4O)[C@H]32)cc1. The van der Waals surface area contributed by atoms with Crippen LogP contribution in [0.25, 0.3) is 0 Å². The first-order chi connectivity index (χ1) is 13.6. The Bertz CT molecular complexity index is 901. The van der Waals surface area contributed by atoms with Crippen molar-refractivity contribution >= 4 is 40.3 Å². The second kappa shape index (κ2) is 6.72. The van der Waals surface area contributed by atoms with E-state index < -0.39 is 18.1 Å². The Morgan fingerprint density at radius 2 is 2.07 bits per heavy atom. The number of benzene rings is 1. The molecule has 0 radical (unpaired) electrons. The van der Waals surface area contributed by atoms with Crippen LogP contribution in [0.1, 0.15) is 11.3 Å². The molecule has 1 aromatic carbocycles. The van der Waals surface area contributed by atoms with Gasteiger partial charge in [0.15, 0.2) is 5.11 Å². The van der Waals surface area contributed by atoms with Gasteiger partial charge in [0.2, 0.25) is 0 Å². The zero-order valence-corrected chi connectivity index (χ0v) is 16.9. The fourth-order valence-corrected chi connectivity index (χ4v) is 5.77. The van der Waals surface area contributed by atoms with Gasteiger partial charge in [0.05, 0.1) is 37.8 Å². The molecular weight excluding hydrogens is 396 g/mol. The third kappa shape index (κ3) is 2.62. The number of hydrogen-bond donors (Lipinski definition) is 1. The molecule has 1 aromatic heterocycles. The minimum absolute atomic E-state index is 0.143. The fourth-order valence-electron chi connectivity index (χ4n) is 4.66. The third-order valence-corrected chi connectivity index (χ3v) is 7.19. The van der Waals surface area contributed by atoms with Crippen molar-refractivity contribution in [3.63, 3.8) is 0 Å². The van der Waals surface area contributed by atoms with Gasteiger partial charge in [-0.3, -0.25) is 4.79 Å². The molecule has 4 heterocycles. The highest BCUT2D eigenvalue weighted by Crippen LogP contribution is 2.46. The number of hydrogen-bond acceptors (Lipinski definition) is 6. The average molecular weight is 417 g/mol. The number of aliphatic hydroxyl groups is 1. The number of carbonyl (C=O) groups excluding carboxylic acids is 1. The zero-order chi connectivity index (χ0) is 19.4. The molecule has 0 spiro atoms. The lowest BCUT2D eigenvalue weighted by Crippen LogP contribution is -2.66. The van der Waals surface area contributed by atoms with Gasteiger partial charge in [-0.2, -0.15) is 0 Å². The largest absolute Gasteiger partial charge is 0.497 e. The molecular formula is C20H20N2O4S2. The number of rotatable bonds is 4. The van der Waals surface area contributed by atoms with Crippen LogP contribution in [-0.2, 0) is 16.1 Å². The van der Waals surface area contributed by atoms with Crippen molar-refractivity contribution < 1.29 is 19.4 Å². The van der Waals surface area contributed by atoms with E-state index in [1.165, 1.54) is 4.88 Å². The molecule has 2 aromatic rings. The number of ether oxygens (including phenoxy) is 2. The smallest absolute Gasteiger partial charge is 0.311 e. The highest BCUT2D eigenvalue weighted by molar-refractivity contribution is 7.80. The number of nitrogens with zero attached hydrogens (tertiary/aromatic N) is 2. The van der Waals surface area contributed by atoms with Crippen molar-refractivity contribution in [3.8, 4) is 5.75 Å². The Morgan fingerprint density at radius 3 is 2.75 bits per heavy atom. The summed E-state index contributed by atoms with van der Waals surface area (Å²) in [5, 5.41) is 13.2. The van der Waals surface area contributed by atoms with E-state index in [0.29, 0.717) is 18.1 Å². The molecule has 6 rings (SSSR count). The van der Waals surface area contributed by atoms with E-state index in [1.54, 1.807) is 18.4 Å². The van der Waals surface area contributed by atoms with E-state index in [1.807, 2.05) is 35.7 Å². The van der Waals surface area contributed by atoms with Crippen LogP contribution in [0.5, 0.6) is 5.75 Å². The van der Waals surface area contributed by atoms with E-state index >= 15 is 0 Å². The maximum Gasteiger partial charge on any atom is 0.311 e. The van der Waals surface area contributed by atoms with Crippen LogP contribution in [0.3, 0.4) is 0 Å². The second-order valence-corrected chi connectivity index (χ2v) is 8.75. The molecule has 5 atom stereocenters. The van der Waals surface area contributed by atoms with Gasteiger partial charge in [0.1, 0.15) is 11.9 Å². The number of thiophene rings is 1. The van der Waals surface area contributed by atoms with E-state index in [0.717, 1.165) is 11.4 Å². The van der Waals surface area contributed by atoms with Crippen LogP contribution in [-0.4, -0.2) is 52.5 Å². The van der Waals surface area contributed by atoms with E-state index in [2.05, 4.69) is 15.9 Å². The topological polar surface area (TPSA) is 62.2 Å². The summed E-state index contributed by atoms with van der Waals surface area (Å²) in [7, 11) is 1.63. The van der Waals surface area contributed by atoms with Crippen LogP contribution in [0.15, 0.2) is 41.8 Å². The number of fused-ring (bicyclic) bond motifs is 2. The maximum atomic E-state index is 12.5. The predicted octanol–water partition coefficient (Wildman–Crippen LogP) is 2.41. The Kier molecular flexibility index (Phi) is 4.30. The Hall–Kier alpha value is -2.16. The van der Waals surface area contributed by atoms with Crippen molar-refractivity contribution in [2.24, 2.45) is 5.92 Å². The third-order valence-electron chi connectivity index (χ3n) is 5.90. The molecule has 1 N–H and O–H groups in total. The van der Waals surface area contributed by atoms with Crippen LogP contribution < -0.4 is 9.64 Å². The predicted molar refractivity (Wildman–Crippen MR) is 110 cm³/mol. The maximum absolute atomic E-state index is 12.5. The first-order valence-electron chi connectivity index (χ1n) is 9.23. The van der Waals surface area contributed by atoms with Crippen LogP contribution in [0.2, 0.25) is 0 Å². The second-order valence-electron chi connectivity index (χ2n) is 7.35. The van der Waals surface area contributed by atoms with Gasteiger partial charge in [0.25, 0.3) is 0 Å². The normalized spacial score (nSPS) is 31.1. The summed E-state index contributed by atoms with van der Waals surface area (Å²) in [6.45, 7) is 0.637. The lowest BCUT2D eigenvalue weighted by molar-refractivity contribution is -0.194. The van der Waals surface area contributed by atoms with E-state index in [-0.39, 0.29) is 18.1 Å². The molecule has 0 amide bonds. The number of aliphatic hydroxyl groups excluding tert-OH is 1. The standard InChI is InChI=1S/C20H20N2O4S2/c1-25-12-6-4-11(5-7-12)22-16-14-9-15(23)18(26-19(14)24)17(16)21(20(22)27)10-13-3-2-8-28-13/h2-8,14-18,23H,9-10H2,1H3/t14-,15+,16+,17+,18-/m0/s1. The Balaban J connectivity index is 1.57. The Labute approximate surface area is 172 Å². The minimum Gasteiger partial charge on any atom is -0.497 e. The van der Waals surface area contributed by atoms with Crippen LogP contribution >= 0.6 is 23.6 Å². The minimum atomic E-state index is -0.659. The van der Waals surface area contributed by atoms with Crippen molar-refractivity contribution in [1.82, 2.24) is 4.90 Å². The lowest BCUT2D eigenvalue weighted by atomic mass is 9.74. The molecule has 0 unspecified atom stereocenters. The summed E-state index contributed by atoms with van der Waals surface area (Å²) < 4.78 is 10.9. The molecule has 2 bridgehead atoms. The van der Waals surface area contributed by atoms with E-state index in [9.17, 15) is 9.90 Å². The van der Waals surface area contributed by atoms with Crippen molar-refractivity contribution in [1.29, 1.82) is 0 Å². The van der Waals surface area contributed by atoms with Gasteiger partial charge >= 0.3 is 5.97 Å². The van der Waals surface area contributed by atoms with Gasteiger partial charge in [-0.1, -0.05) is 6.07 Å². The summed E-state index contributed by atoms with van der Waals surface area (Å²) >= 11 is 7.55. The van der Waals surface area contributed by atoms with Crippen molar-refractivity contribution in [3.05, 3.63) is 46.7 Å². The molecule has 146 valence electrons. The number of methoxy groups -OCH3 is 1. The number of esters is 1. The Morgan fingerprint density at radius 1 is 1.29 bits per heavy atom. The van der Waals surface area contributed by atoms with Crippen molar-refractivity contribution in [2.75, 3.05) is 12.0 Å². The highest BCUT2D eigenvalue weighted by atomic mass is 32.1. The summed E-state index contributed by atoms with van der Waals surface area (Å²) in [5.74, 6) is 0.120. The molecule has 1 saturated carbocycles. The molecule has 6 nitrogen and oxygen atoms in total. The molecule has 8 heteroatoms. The summed E-state index contributed by atoms with van der Waals surface area (Å²) in [6, 6.07) is 11.5. The zero-order valence-electron chi connectivity index (χ0n) is 15.2. The van der Waals surface area contributed by atoms with Gasteiger partial charge in [-0.05, 0) is 54.4 Å². The van der Waals surface area contributed by atoms with Gasteiger partial charge in [-0.15, -0.1) is 11.3 Å². The number of carbonyl (C=O) groups is 1. The fraction of sp³-hybridized carbons (Fsp3) is 0.400. The van der Waals surface area contributed by atoms with Gasteiger partial charge in [-0.25, -0.2) is 0 Å². The first-order valence-corrected chi connectivity index (χ1v) is 10.5. The lowest BCUT2D eigenvalue weighted by Gasteiger charge is -2.49. The molecule has 1 aliphatic carbocycles. The monoisotopic (exact) mass is 416 g/mol. The van der Waals surface area contributed by atoms with E-state index in [4.69, 9.17) is 21.7 Å².